The van der Waals surface area contributed by atoms with E-state index in [0.29, 0.717) is 50.4 Å². The highest BCUT2D eigenvalue weighted by Gasteiger charge is 2.42. The van der Waals surface area contributed by atoms with Crippen LogP contribution in [-0.4, -0.2) is 63.9 Å². The lowest BCUT2D eigenvalue weighted by molar-refractivity contribution is -0.153. The molecule has 3 heterocycles. The fraction of sp³-hybridized carbons (Fsp3) is 0.370. The predicted octanol–water partition coefficient (Wildman–Crippen LogP) is 4.16. The van der Waals surface area contributed by atoms with E-state index in [9.17, 15) is 32.7 Å². The summed E-state index contributed by atoms with van der Waals surface area (Å²) in [6.45, 7) is 1.78. The number of carboxylic acid groups (broad SMARTS) is 1. The van der Waals surface area contributed by atoms with Crippen molar-refractivity contribution in [3.63, 3.8) is 0 Å². The number of alkyl halides is 3. The van der Waals surface area contributed by atoms with E-state index in [2.05, 4.69) is 15.3 Å². The van der Waals surface area contributed by atoms with Crippen molar-refractivity contribution in [1.82, 2.24) is 14.9 Å². The van der Waals surface area contributed by atoms with E-state index in [1.165, 1.54) is 24.4 Å². The third-order valence-corrected chi connectivity index (χ3v) is 7.19. The summed E-state index contributed by atoms with van der Waals surface area (Å²) in [6.07, 6.45) is -1.78. The van der Waals surface area contributed by atoms with E-state index in [-0.39, 0.29) is 17.5 Å². The van der Waals surface area contributed by atoms with Gasteiger partial charge >= 0.3 is 12.1 Å². The molecular weight excluding hydrogens is 531 g/mol. The Kier molecular flexibility index (Phi) is 7.46. The molecule has 2 N–H and O–H groups in total. The van der Waals surface area contributed by atoms with Gasteiger partial charge in [0.05, 0.1) is 23.7 Å². The minimum Gasteiger partial charge on any atom is -0.481 e. The number of hydrogen-bond acceptors (Lipinski definition) is 7. The molecule has 1 aliphatic heterocycles. The first-order valence-corrected chi connectivity index (χ1v) is 12.8. The molecule has 1 saturated carbocycles. The number of amides is 2. The van der Waals surface area contributed by atoms with Crippen molar-refractivity contribution >= 4 is 29.3 Å². The average Bonchev–Trinajstić information content (AvgIpc) is 3.62. The van der Waals surface area contributed by atoms with Crippen molar-refractivity contribution in [2.75, 3.05) is 36.4 Å². The Balaban J connectivity index is 1.22. The molecule has 1 unspecified atom stereocenters. The summed E-state index contributed by atoms with van der Waals surface area (Å²) < 4.78 is 45.6. The summed E-state index contributed by atoms with van der Waals surface area (Å²) in [5.74, 6) is -4.52. The molecule has 13 heteroatoms. The van der Waals surface area contributed by atoms with Gasteiger partial charge in [-0.15, -0.1) is 0 Å². The van der Waals surface area contributed by atoms with E-state index in [0.717, 1.165) is 6.42 Å². The lowest BCUT2D eigenvalue weighted by Gasteiger charge is -2.37. The lowest BCUT2D eigenvalue weighted by Crippen LogP contribution is -2.51. The van der Waals surface area contributed by atoms with Gasteiger partial charge in [0.2, 0.25) is 17.6 Å². The maximum atomic E-state index is 13.6. The van der Waals surface area contributed by atoms with Gasteiger partial charge in [-0.25, -0.2) is 9.97 Å². The average molecular weight is 558 g/mol. The number of anilines is 2. The zero-order chi connectivity index (χ0) is 28.4. The van der Waals surface area contributed by atoms with Gasteiger partial charge in [0.15, 0.2) is 5.69 Å². The fourth-order valence-corrected chi connectivity index (χ4v) is 5.15. The Labute approximate surface area is 226 Å². The summed E-state index contributed by atoms with van der Waals surface area (Å²) in [6, 6.07) is 11.1. The molecular formula is C27H26F3N5O5. The Hall–Kier alpha value is -4.42. The van der Waals surface area contributed by atoms with E-state index in [1.807, 2.05) is 4.90 Å². The number of oxazole rings is 1. The number of carbonyl (C=O) groups is 3. The monoisotopic (exact) mass is 557 g/mol. The number of pyridine rings is 1. The molecule has 210 valence electrons. The standard InChI is InChI=1S/C27H26F3N5O5/c28-27(29,30)22-21(33-24(40-22)16-5-2-1-3-6-16)23(36)32-17-9-10-20(31-15-17)34-11-13-35(14-12-34)25(37)18-7-4-8-19(18)26(38)39/h1-3,5-6,9-10,15,18-19H,4,7-8,11-14H2,(H,32,36)(H,38,39)/t18?,19-/m0/s1. The third-order valence-electron chi connectivity index (χ3n) is 7.19. The normalized spacial score (nSPS) is 19.5. The predicted molar refractivity (Wildman–Crippen MR) is 136 cm³/mol. The molecule has 0 bridgehead atoms. The number of benzene rings is 1. The van der Waals surface area contributed by atoms with Gasteiger partial charge in [0, 0.05) is 31.7 Å². The van der Waals surface area contributed by atoms with Crippen LogP contribution in [0.5, 0.6) is 0 Å². The number of rotatable bonds is 6. The summed E-state index contributed by atoms with van der Waals surface area (Å²) in [5.41, 5.74) is -0.422. The molecule has 5 rings (SSSR count). The van der Waals surface area contributed by atoms with Crippen molar-refractivity contribution in [1.29, 1.82) is 0 Å². The lowest BCUT2D eigenvalue weighted by atomic mass is 9.94. The highest BCUT2D eigenvalue weighted by atomic mass is 19.4. The second-order valence-electron chi connectivity index (χ2n) is 9.71. The first-order chi connectivity index (χ1) is 19.1. The molecule has 2 aromatic heterocycles. The molecule has 40 heavy (non-hydrogen) atoms. The van der Waals surface area contributed by atoms with Gasteiger partial charge < -0.3 is 24.6 Å². The number of carbonyl (C=O) groups excluding carboxylic acids is 2. The van der Waals surface area contributed by atoms with Crippen molar-refractivity contribution < 1.29 is 37.1 Å². The van der Waals surface area contributed by atoms with Gasteiger partial charge in [-0.05, 0) is 37.1 Å². The molecule has 0 spiro atoms. The van der Waals surface area contributed by atoms with Gasteiger partial charge in [-0.3, -0.25) is 14.4 Å². The molecule has 1 aromatic carbocycles. The first-order valence-electron chi connectivity index (χ1n) is 12.8. The van der Waals surface area contributed by atoms with Crippen LogP contribution in [0.25, 0.3) is 11.5 Å². The number of piperazine rings is 1. The molecule has 10 nitrogen and oxygen atoms in total. The van der Waals surface area contributed by atoms with E-state index in [4.69, 9.17) is 4.42 Å². The number of aliphatic carboxylic acids is 1. The number of nitrogens with one attached hydrogen (secondary N) is 1. The van der Waals surface area contributed by atoms with Crippen LogP contribution in [0.1, 0.15) is 35.5 Å². The van der Waals surface area contributed by atoms with Gasteiger partial charge in [-0.1, -0.05) is 24.6 Å². The van der Waals surface area contributed by atoms with Crippen LogP contribution in [0.3, 0.4) is 0 Å². The molecule has 2 amide bonds. The summed E-state index contributed by atoms with van der Waals surface area (Å²) in [7, 11) is 0. The van der Waals surface area contributed by atoms with Crippen LogP contribution < -0.4 is 10.2 Å². The number of hydrogen-bond donors (Lipinski definition) is 2. The zero-order valence-electron chi connectivity index (χ0n) is 21.2. The highest BCUT2D eigenvalue weighted by molar-refractivity contribution is 6.04. The van der Waals surface area contributed by atoms with Crippen molar-refractivity contribution in [2.24, 2.45) is 11.8 Å². The van der Waals surface area contributed by atoms with Crippen LogP contribution in [0.4, 0.5) is 24.7 Å². The quantitative estimate of drug-likeness (QED) is 0.463. The smallest absolute Gasteiger partial charge is 0.452 e. The first kappa shape index (κ1) is 27.2. The minimum absolute atomic E-state index is 0.128. The zero-order valence-corrected chi connectivity index (χ0v) is 21.2. The number of aromatic nitrogens is 2. The highest BCUT2D eigenvalue weighted by Crippen LogP contribution is 2.36. The number of nitrogens with zero attached hydrogens (tertiary/aromatic N) is 4. The Morgan fingerprint density at radius 1 is 0.975 bits per heavy atom. The topological polar surface area (TPSA) is 129 Å². The molecule has 2 fully saturated rings. The van der Waals surface area contributed by atoms with Gasteiger partial charge in [0.1, 0.15) is 5.82 Å². The maximum absolute atomic E-state index is 13.6. The van der Waals surface area contributed by atoms with Crippen molar-refractivity contribution in [2.45, 2.75) is 25.4 Å². The minimum atomic E-state index is -4.93. The van der Waals surface area contributed by atoms with E-state index in [1.54, 1.807) is 29.2 Å². The number of halogens is 3. The van der Waals surface area contributed by atoms with Crippen LogP contribution in [0.2, 0.25) is 0 Å². The second kappa shape index (κ2) is 11.0. The van der Waals surface area contributed by atoms with E-state index >= 15 is 0 Å². The summed E-state index contributed by atoms with van der Waals surface area (Å²) in [4.78, 5) is 48.8. The Bertz CT molecular complexity index is 1390. The molecule has 3 aromatic rings. The van der Waals surface area contributed by atoms with Gasteiger partial charge in [0.25, 0.3) is 5.91 Å². The second-order valence-corrected chi connectivity index (χ2v) is 9.71. The Morgan fingerprint density at radius 2 is 1.68 bits per heavy atom. The number of carboxylic acids is 1. The molecule has 0 radical (unpaired) electrons. The van der Waals surface area contributed by atoms with Gasteiger partial charge in [-0.2, -0.15) is 13.2 Å². The molecule has 1 aliphatic carbocycles. The molecule has 2 atom stereocenters. The molecule has 1 saturated heterocycles. The van der Waals surface area contributed by atoms with Crippen LogP contribution in [0.15, 0.2) is 53.1 Å². The fourth-order valence-electron chi connectivity index (χ4n) is 5.15. The SMILES string of the molecule is O=C(Nc1ccc(N2CCN(C(=O)C3CCC[C@@H]3C(=O)O)CC2)nc1)c1nc(-c2ccccc2)oc1C(F)(F)F. The van der Waals surface area contributed by atoms with E-state index < -0.39 is 41.3 Å². The van der Waals surface area contributed by atoms with Crippen LogP contribution >= 0.6 is 0 Å². The maximum Gasteiger partial charge on any atom is 0.452 e. The van der Waals surface area contributed by atoms with Crippen molar-refractivity contribution in [3.8, 4) is 11.5 Å². The third kappa shape index (κ3) is 5.63. The van der Waals surface area contributed by atoms with Crippen LogP contribution in [-0.2, 0) is 15.8 Å². The largest absolute Gasteiger partial charge is 0.481 e. The van der Waals surface area contributed by atoms with Crippen molar-refractivity contribution in [3.05, 3.63) is 60.1 Å². The summed E-state index contributed by atoms with van der Waals surface area (Å²) >= 11 is 0. The summed E-state index contributed by atoms with van der Waals surface area (Å²) in [5, 5.41) is 11.8. The molecule has 2 aliphatic rings. The van der Waals surface area contributed by atoms with Crippen LogP contribution in [0, 0.1) is 11.8 Å². The Morgan fingerprint density at radius 3 is 2.30 bits per heavy atom.